The summed E-state index contributed by atoms with van der Waals surface area (Å²) in [5.74, 6) is 1.01. The van der Waals surface area contributed by atoms with Gasteiger partial charge in [0.25, 0.3) is 0 Å². The minimum Gasteiger partial charge on any atom is -0.474 e. The molecule has 0 saturated carbocycles. The number of nitrogens with zero attached hydrogens (tertiary/aromatic N) is 2. The zero-order valence-corrected chi connectivity index (χ0v) is 18.9. The Bertz CT molecular complexity index is 1330. The highest BCUT2D eigenvalue weighted by Gasteiger charge is 2.47. The molecular weight excluding hydrogens is 412 g/mol. The summed E-state index contributed by atoms with van der Waals surface area (Å²) in [6.45, 7) is 4.43. The van der Waals surface area contributed by atoms with Crippen molar-refractivity contribution in [2.24, 2.45) is 5.41 Å². The molecule has 0 spiro atoms. The summed E-state index contributed by atoms with van der Waals surface area (Å²) >= 11 is 0. The lowest BCUT2D eigenvalue weighted by Gasteiger charge is -2.48. The summed E-state index contributed by atoms with van der Waals surface area (Å²) < 4.78 is 6.53. The lowest BCUT2D eigenvalue weighted by molar-refractivity contribution is -0.120. The van der Waals surface area contributed by atoms with Gasteiger partial charge in [0.1, 0.15) is 5.76 Å². The maximum Gasteiger partial charge on any atom is 0.182 e. The van der Waals surface area contributed by atoms with Crippen molar-refractivity contribution in [3.05, 3.63) is 83.3 Å². The molecule has 2 atom stereocenters. The number of ketones is 2. The van der Waals surface area contributed by atoms with Crippen molar-refractivity contribution in [2.75, 3.05) is 11.4 Å². The van der Waals surface area contributed by atoms with E-state index in [1.54, 1.807) is 6.20 Å². The third-order valence-electron chi connectivity index (χ3n) is 7.14. The van der Waals surface area contributed by atoms with Gasteiger partial charge in [-0.25, -0.2) is 0 Å². The van der Waals surface area contributed by atoms with Gasteiger partial charge in [-0.2, -0.15) is 0 Å². The van der Waals surface area contributed by atoms with Gasteiger partial charge in [0.2, 0.25) is 0 Å². The highest BCUT2D eigenvalue weighted by molar-refractivity contribution is 6.04. The minimum atomic E-state index is -0.303. The fraction of sp³-hybridized carbons (Fsp3) is 0.321. The highest BCUT2D eigenvalue weighted by Crippen LogP contribution is 2.53. The quantitative estimate of drug-likeness (QED) is 0.512. The van der Waals surface area contributed by atoms with Gasteiger partial charge in [-0.3, -0.25) is 14.6 Å². The van der Waals surface area contributed by atoms with Crippen molar-refractivity contribution >= 4 is 28.2 Å². The average molecular weight is 439 g/mol. The molecule has 5 heteroatoms. The Morgan fingerprint density at radius 3 is 2.73 bits per heavy atom. The highest BCUT2D eigenvalue weighted by atomic mass is 16.5. The van der Waals surface area contributed by atoms with Gasteiger partial charge in [-0.1, -0.05) is 62.4 Å². The summed E-state index contributed by atoms with van der Waals surface area (Å²) in [5, 5.41) is 1.01. The minimum absolute atomic E-state index is 0.0215. The molecule has 3 heterocycles. The van der Waals surface area contributed by atoms with Crippen LogP contribution in [0.15, 0.2) is 72.1 Å². The van der Waals surface area contributed by atoms with Gasteiger partial charge >= 0.3 is 0 Å². The van der Waals surface area contributed by atoms with E-state index in [1.807, 2.05) is 42.5 Å². The molecule has 3 aromatic rings. The SMILES string of the molecule is CC1(C)CC(=O)C2=C(C1)OC1CC2c2ccc3cccnc3c2N1CC(=O)c1ccccc1. The Hall–Kier alpha value is -3.47. The Balaban J connectivity index is 1.51. The zero-order valence-electron chi connectivity index (χ0n) is 18.9. The molecule has 6 rings (SSSR count). The van der Waals surface area contributed by atoms with Crippen molar-refractivity contribution in [3.63, 3.8) is 0 Å². The average Bonchev–Trinajstić information content (AvgIpc) is 2.80. The van der Waals surface area contributed by atoms with Crippen molar-refractivity contribution in [3.8, 4) is 0 Å². The number of aromatic nitrogens is 1. The summed E-state index contributed by atoms with van der Waals surface area (Å²) in [6, 6.07) is 17.5. The van der Waals surface area contributed by atoms with Crippen LogP contribution >= 0.6 is 0 Å². The summed E-state index contributed by atoms with van der Waals surface area (Å²) in [7, 11) is 0. The van der Waals surface area contributed by atoms with Gasteiger partial charge in [0, 0.05) is 47.9 Å². The van der Waals surface area contributed by atoms with Crippen LogP contribution in [-0.2, 0) is 9.53 Å². The monoisotopic (exact) mass is 438 g/mol. The molecule has 0 N–H and O–H groups in total. The van der Waals surface area contributed by atoms with Crippen LogP contribution in [0.1, 0.15) is 54.9 Å². The molecule has 2 unspecified atom stereocenters. The van der Waals surface area contributed by atoms with Gasteiger partial charge in [-0.15, -0.1) is 0 Å². The number of hydrogen-bond acceptors (Lipinski definition) is 5. The molecule has 1 aliphatic carbocycles. The lowest BCUT2D eigenvalue weighted by Crippen LogP contribution is -2.49. The normalized spacial score (nSPS) is 23.1. The second-order valence-corrected chi connectivity index (χ2v) is 10.1. The van der Waals surface area contributed by atoms with E-state index < -0.39 is 0 Å². The standard InChI is InChI=1S/C28H26N2O3/c1-28(2)14-21(31)25-20-13-24(33-23(25)15-28)30(16-22(32)17-7-4-3-5-8-17)27-19(20)11-10-18-9-6-12-29-26(18)27/h3-12,20,24H,13-16H2,1-2H3. The third-order valence-corrected chi connectivity index (χ3v) is 7.14. The number of benzene rings is 2. The number of pyridine rings is 1. The van der Waals surface area contributed by atoms with Crippen LogP contribution in [0.3, 0.4) is 0 Å². The van der Waals surface area contributed by atoms with E-state index in [1.165, 1.54) is 0 Å². The second-order valence-electron chi connectivity index (χ2n) is 10.1. The molecule has 3 aliphatic rings. The first-order valence-corrected chi connectivity index (χ1v) is 11.6. The number of rotatable bonds is 3. The first-order valence-electron chi connectivity index (χ1n) is 11.6. The summed E-state index contributed by atoms with van der Waals surface area (Å²) in [4.78, 5) is 33.3. The van der Waals surface area contributed by atoms with Crippen LogP contribution in [0.2, 0.25) is 0 Å². The molecular formula is C28H26N2O3. The smallest absolute Gasteiger partial charge is 0.182 e. The number of carbonyl (C=O) groups is 2. The number of hydrogen-bond donors (Lipinski definition) is 0. The van der Waals surface area contributed by atoms with Gasteiger partial charge < -0.3 is 9.64 Å². The van der Waals surface area contributed by atoms with Crippen LogP contribution in [0.5, 0.6) is 0 Å². The topological polar surface area (TPSA) is 59.5 Å². The van der Waals surface area contributed by atoms with Crippen molar-refractivity contribution < 1.29 is 14.3 Å². The van der Waals surface area contributed by atoms with Gasteiger partial charge in [-0.05, 0) is 17.0 Å². The molecule has 2 aromatic carbocycles. The molecule has 0 saturated heterocycles. The Morgan fingerprint density at radius 2 is 1.91 bits per heavy atom. The number of ether oxygens (including phenoxy) is 1. The molecule has 2 aliphatic heterocycles. The largest absolute Gasteiger partial charge is 0.474 e. The van der Waals surface area contributed by atoms with Crippen molar-refractivity contribution in [1.29, 1.82) is 0 Å². The van der Waals surface area contributed by atoms with E-state index in [2.05, 4.69) is 35.9 Å². The molecule has 2 bridgehead atoms. The summed E-state index contributed by atoms with van der Waals surface area (Å²) in [5.41, 5.74) is 4.22. The van der Waals surface area contributed by atoms with E-state index in [0.717, 1.165) is 39.9 Å². The fourth-order valence-electron chi connectivity index (χ4n) is 5.70. The molecule has 166 valence electrons. The number of Topliss-reactive ketones (excluding diaryl/α,β-unsaturated/α-hetero) is 2. The van der Waals surface area contributed by atoms with Gasteiger partial charge in [0.05, 0.1) is 17.7 Å². The first kappa shape index (κ1) is 20.2. The van der Waals surface area contributed by atoms with Crippen molar-refractivity contribution in [1.82, 2.24) is 4.98 Å². The predicted molar refractivity (Wildman–Crippen MR) is 127 cm³/mol. The Labute approximate surface area is 193 Å². The van der Waals surface area contributed by atoms with Crippen LogP contribution in [0.4, 0.5) is 5.69 Å². The molecule has 1 aromatic heterocycles. The van der Waals surface area contributed by atoms with E-state index in [0.29, 0.717) is 18.4 Å². The van der Waals surface area contributed by atoms with Gasteiger partial charge in [0.15, 0.2) is 17.8 Å². The molecule has 0 fully saturated rings. The second kappa shape index (κ2) is 7.27. The fourth-order valence-corrected chi connectivity index (χ4v) is 5.70. The molecule has 33 heavy (non-hydrogen) atoms. The van der Waals surface area contributed by atoms with E-state index >= 15 is 0 Å². The van der Waals surface area contributed by atoms with Crippen molar-refractivity contribution in [2.45, 2.75) is 45.3 Å². The Morgan fingerprint density at radius 1 is 1.09 bits per heavy atom. The van der Waals surface area contributed by atoms with E-state index in [9.17, 15) is 9.59 Å². The van der Waals surface area contributed by atoms with Crippen LogP contribution in [-0.4, -0.2) is 29.3 Å². The molecule has 5 nitrogen and oxygen atoms in total. The maximum absolute atomic E-state index is 13.3. The van der Waals surface area contributed by atoms with E-state index in [4.69, 9.17) is 4.74 Å². The number of carbonyl (C=O) groups excluding carboxylic acids is 2. The molecule has 0 amide bonds. The van der Waals surface area contributed by atoms with Crippen LogP contribution in [0, 0.1) is 5.41 Å². The van der Waals surface area contributed by atoms with Crippen LogP contribution in [0.25, 0.3) is 10.9 Å². The Kier molecular flexibility index (Phi) is 4.44. The number of fused-ring (bicyclic) bond motifs is 7. The predicted octanol–water partition coefficient (Wildman–Crippen LogP) is 5.41. The lowest BCUT2D eigenvalue weighted by atomic mass is 9.69. The summed E-state index contributed by atoms with van der Waals surface area (Å²) in [6.07, 6.45) is 3.42. The molecule has 0 radical (unpaired) electrons. The number of allylic oxidation sites excluding steroid dienone is 2. The van der Waals surface area contributed by atoms with Crippen LogP contribution < -0.4 is 4.90 Å². The van der Waals surface area contributed by atoms with E-state index in [-0.39, 0.29) is 35.7 Å². The number of anilines is 1. The third kappa shape index (κ3) is 3.26. The zero-order chi connectivity index (χ0) is 22.7. The first-order chi connectivity index (χ1) is 15.9. The maximum atomic E-state index is 13.3.